The number of carbonyl (C=O) groups is 8. The number of pyridine rings is 2. The van der Waals surface area contributed by atoms with Gasteiger partial charge in [0.25, 0.3) is 0 Å². The lowest BCUT2D eigenvalue weighted by Gasteiger charge is -2.35. The first-order valence-corrected chi connectivity index (χ1v) is 42.7. The van der Waals surface area contributed by atoms with Gasteiger partial charge >= 0.3 is 23.9 Å². The van der Waals surface area contributed by atoms with E-state index in [2.05, 4.69) is 15.0 Å². The third-order valence-electron chi connectivity index (χ3n) is 24.8. The van der Waals surface area contributed by atoms with Crippen molar-refractivity contribution < 1.29 is 81.4 Å². The van der Waals surface area contributed by atoms with Crippen LogP contribution < -0.4 is 19.6 Å². The number of nitrogens with zero attached hydrogens (tertiary/aromatic N) is 5. The van der Waals surface area contributed by atoms with Crippen LogP contribution in [0.5, 0.6) is 17.2 Å². The fourth-order valence-corrected chi connectivity index (χ4v) is 19.9. The fraction of sp³-hybridized carbons (Fsp3) is 0.628. The number of carbonyl (C=O) groups excluding carboxylic acids is 7. The molecule has 2 aliphatic heterocycles. The summed E-state index contributed by atoms with van der Waals surface area (Å²) in [5.41, 5.74) is 0.837. The molecule has 0 spiro atoms. The van der Waals surface area contributed by atoms with Gasteiger partial charge in [0.15, 0.2) is 17.0 Å². The van der Waals surface area contributed by atoms with Crippen LogP contribution in [0.1, 0.15) is 176 Å². The van der Waals surface area contributed by atoms with Crippen LogP contribution in [-0.2, 0) is 62.0 Å². The lowest BCUT2D eigenvalue weighted by Crippen LogP contribution is -2.48. The number of esters is 3. The Morgan fingerprint density at radius 1 is 0.605 bits per heavy atom. The number of amides is 2. The van der Waals surface area contributed by atoms with Crippen molar-refractivity contribution in [2.45, 2.75) is 209 Å². The highest BCUT2D eigenvalue weighted by atomic mass is 35.5. The summed E-state index contributed by atoms with van der Waals surface area (Å²) in [5.74, 6) is 0.0693. The third kappa shape index (κ3) is 19.3. The number of hydrogen-bond donors (Lipinski definition) is 2. The van der Waals surface area contributed by atoms with Crippen molar-refractivity contribution >= 4 is 115 Å². The molecule has 2 unspecified atom stereocenters. The molecule has 6 aromatic rings. The van der Waals surface area contributed by atoms with Gasteiger partial charge in [-0.05, 0) is 148 Å². The van der Waals surface area contributed by atoms with Gasteiger partial charge in [-0.3, -0.25) is 43.2 Å². The van der Waals surface area contributed by atoms with Gasteiger partial charge in [-0.15, -0.1) is 22.7 Å². The standard InChI is InChI=1S/C42H52ClN3O9S.C28H43NO6.C16H15ClN2O3S/c1-7-25-18-42(25,40(50)51)19-32(47)31-15-27(20-46(31)39(49)29(41(3,4)5)16-35(48)55-26-13-23-12-24(23)14-26)54-34-17-30(38-44-22(2)21-56-38)45-37-28(34)8-9-33(36(37)43)53-11-10-52-6;1-7-19-13-28(19,26(33)34-6)14-23(30)22-8-16(2)15-29(22)25(32)21(27(3,4)5)12-24(31)35-20-10-17-9-18(17)11-20;1-9-8-23-16(18-9)11-7-12(20)10-3-4-13(22-6-5-21-2)14(17)15(10)19-11/h8-9,17,21,23-27,29,31H,7,10-16,18-20H2,1-6H3,(H,50,51);16-22H,7-15H2,1-6H3;3-4,7-8H,5-6H2,1-2H3,(H,19,20)/t23-,24+,25-,26?,27-,29-,31+,42-;16-,17-,18+,19+,20?,21+,22-,28+;/m10./s1. The number of Topliss-reactive ketones (excluding diaryl/α,β-unsaturated/α-hetero) is 2. The molecule has 4 aromatic heterocycles. The number of aromatic amines is 1. The highest BCUT2D eigenvalue weighted by Crippen LogP contribution is 2.60. The zero-order chi connectivity index (χ0) is 82.2. The minimum atomic E-state index is -1.14. The van der Waals surface area contributed by atoms with Gasteiger partial charge in [-0.1, -0.05) is 98.4 Å². The highest BCUT2D eigenvalue weighted by Gasteiger charge is 2.63. The molecule has 0 radical (unpaired) electrons. The Kier molecular flexibility index (Phi) is 26.5. The van der Waals surface area contributed by atoms with E-state index in [9.17, 15) is 48.3 Å². The minimum Gasteiger partial charge on any atom is -0.490 e. The van der Waals surface area contributed by atoms with Gasteiger partial charge < -0.3 is 57.8 Å². The number of nitrogens with one attached hydrogen (secondary N) is 1. The molecule has 2 aromatic carbocycles. The van der Waals surface area contributed by atoms with E-state index in [4.69, 9.17) is 66.1 Å². The Balaban J connectivity index is 0.000000175. The van der Waals surface area contributed by atoms with Crippen molar-refractivity contribution in [3.63, 3.8) is 0 Å². The lowest BCUT2D eigenvalue weighted by molar-refractivity contribution is -0.157. The van der Waals surface area contributed by atoms with Crippen molar-refractivity contribution in [3.05, 3.63) is 78.8 Å². The fourth-order valence-electron chi connectivity index (χ4n) is 17.9. The Morgan fingerprint density at radius 2 is 1.10 bits per heavy atom. The van der Waals surface area contributed by atoms with Crippen LogP contribution in [0.15, 0.2) is 52.0 Å². The second kappa shape index (κ2) is 35.3. The van der Waals surface area contributed by atoms with Crippen LogP contribution in [0, 0.1) is 88.8 Å². The normalized spacial score (nSPS) is 26.7. The maximum atomic E-state index is 14.8. The summed E-state index contributed by atoms with van der Waals surface area (Å²) < 4.78 is 45.0. The molecule has 28 heteroatoms. The van der Waals surface area contributed by atoms with Gasteiger partial charge in [-0.25, -0.2) is 15.0 Å². The van der Waals surface area contributed by atoms with Gasteiger partial charge in [-0.2, -0.15) is 0 Å². The van der Waals surface area contributed by atoms with Crippen molar-refractivity contribution in [1.82, 2.24) is 29.7 Å². The highest BCUT2D eigenvalue weighted by molar-refractivity contribution is 7.13. The van der Waals surface area contributed by atoms with E-state index in [1.54, 1.807) is 49.5 Å². The average molecular weight is 1650 g/mol. The van der Waals surface area contributed by atoms with Crippen LogP contribution in [-0.4, -0.2) is 173 Å². The quantitative estimate of drug-likeness (QED) is 0.0240. The van der Waals surface area contributed by atoms with Crippen molar-refractivity contribution in [1.29, 1.82) is 0 Å². The lowest BCUT2D eigenvalue weighted by atomic mass is 9.77. The van der Waals surface area contributed by atoms with E-state index in [1.165, 1.54) is 47.5 Å². The number of ketones is 2. The summed E-state index contributed by atoms with van der Waals surface area (Å²) >= 11 is 16.2. The Hall–Kier alpha value is -7.62. The van der Waals surface area contributed by atoms with Gasteiger partial charge in [0.1, 0.15) is 74.5 Å². The molecule has 8 aliphatic rings. The number of aromatic nitrogens is 4. The summed E-state index contributed by atoms with van der Waals surface area (Å²) in [6.07, 6.45) is 8.46. The number of rotatable bonds is 30. The van der Waals surface area contributed by atoms with E-state index < -0.39 is 63.6 Å². The number of hydrogen-bond acceptors (Lipinski definition) is 22. The third-order valence-corrected chi connectivity index (χ3v) is 27.5. The number of halogens is 2. The molecule has 114 heavy (non-hydrogen) atoms. The first-order chi connectivity index (χ1) is 54.1. The van der Waals surface area contributed by atoms with E-state index in [0.717, 1.165) is 60.3 Å². The van der Waals surface area contributed by atoms with Gasteiger partial charge in [0.05, 0.1) is 91.2 Å². The number of benzene rings is 2. The van der Waals surface area contributed by atoms with Crippen LogP contribution in [0.2, 0.25) is 10.0 Å². The summed E-state index contributed by atoms with van der Waals surface area (Å²) in [7, 11) is 4.56. The smallest absolute Gasteiger partial charge is 0.312 e. The topological polar surface area (TPSA) is 309 Å². The average Bonchev–Trinajstić information content (AvgIpc) is 1.60. The summed E-state index contributed by atoms with van der Waals surface area (Å²) in [6, 6.07) is 8.80. The van der Waals surface area contributed by atoms with Crippen LogP contribution in [0.3, 0.4) is 0 Å². The van der Waals surface area contributed by atoms with E-state index in [-0.39, 0.29) is 116 Å². The van der Waals surface area contributed by atoms with E-state index >= 15 is 0 Å². The molecule has 6 aliphatic carbocycles. The number of H-pyrrole nitrogens is 1. The van der Waals surface area contributed by atoms with Crippen LogP contribution >= 0.6 is 45.9 Å². The van der Waals surface area contributed by atoms with E-state index in [1.807, 2.05) is 93.0 Å². The van der Waals surface area contributed by atoms with Crippen LogP contribution in [0.4, 0.5) is 0 Å². The van der Waals surface area contributed by atoms with Gasteiger partial charge in [0.2, 0.25) is 11.8 Å². The molecule has 16 atom stereocenters. The molecule has 8 fully saturated rings. The molecule has 2 saturated heterocycles. The van der Waals surface area contributed by atoms with Gasteiger partial charge in [0, 0.05) is 85.1 Å². The number of thiazole rings is 2. The predicted octanol–water partition coefficient (Wildman–Crippen LogP) is 15.4. The maximum Gasteiger partial charge on any atom is 0.312 e. The molecule has 6 heterocycles. The molecule has 2 amide bonds. The number of carboxylic acid groups (broad SMARTS) is 1. The summed E-state index contributed by atoms with van der Waals surface area (Å²) in [4.78, 5) is 140. The maximum absolute atomic E-state index is 14.8. The first kappa shape index (κ1) is 85.7. The number of carboxylic acids is 1. The summed E-state index contributed by atoms with van der Waals surface area (Å²) in [6.45, 7) is 23.5. The second-order valence-electron chi connectivity index (χ2n) is 35.2. The molecule has 2 N–H and O–H groups in total. The largest absolute Gasteiger partial charge is 0.490 e. The molecule has 6 saturated carbocycles. The minimum absolute atomic E-state index is 0.0114. The molecule has 0 bridgehead atoms. The zero-order valence-corrected chi connectivity index (χ0v) is 71.1. The van der Waals surface area contributed by atoms with Crippen LogP contribution in [0.25, 0.3) is 43.2 Å². The van der Waals surface area contributed by atoms with Crippen molar-refractivity contribution in [2.24, 2.45) is 74.9 Å². The summed E-state index contributed by atoms with van der Waals surface area (Å²) in [5, 5.41) is 17.3. The van der Waals surface area contributed by atoms with E-state index in [0.29, 0.717) is 129 Å². The molecule has 618 valence electrons. The Bertz CT molecular complexity index is 4650. The number of likely N-dealkylation sites (tertiary alicyclic amines) is 2. The SMILES string of the molecule is CC[C@@H]1C[C@]1(CC(=O)[C@@H]1C[C@@H](Oc2cc(-c3nc(C)cs3)nc3c(Cl)c(OCCOC)ccc23)CN1C(=O)[C@@H](CC(=O)OC1C[C@@H]2C[C@@H]2C1)C(C)(C)C)C(=O)O.CC[C@@H]1C[C@]1(CC(=O)[C@@H]1C[C@H](C)CN1C(=O)[C@@H](CC(=O)OC1C[C@@H]2C[C@@H]2C1)C(C)(C)C)C(=O)OC.COCCOc1ccc2c(=O)cc(-c3nc(C)cs3)[nH]c2c1Cl. The number of fused-ring (bicyclic) bond motifs is 4. The van der Waals surface area contributed by atoms with Crippen molar-refractivity contribution in [3.8, 4) is 38.7 Å². The Morgan fingerprint density at radius 3 is 1.58 bits per heavy atom. The number of aliphatic carboxylic acids is 1. The molecular weight excluding hydrogens is 1540 g/mol. The van der Waals surface area contributed by atoms with Crippen molar-refractivity contribution in [2.75, 3.05) is 60.8 Å². The predicted molar refractivity (Wildman–Crippen MR) is 434 cm³/mol. The molecule has 24 nitrogen and oxygen atoms in total. The number of aryl methyl sites for hydroxylation is 2. The second-order valence-corrected chi connectivity index (χ2v) is 37.6. The number of ether oxygens (including phenoxy) is 8. The zero-order valence-electron chi connectivity index (χ0n) is 68.0. The molecule has 14 rings (SSSR count). The number of methoxy groups -OCH3 is 3. The Labute approximate surface area is 684 Å². The monoisotopic (exact) mass is 1650 g/mol. The molecular formula is C86H110Cl2N6O18S2. The first-order valence-electron chi connectivity index (χ1n) is 40.2.